The molecule has 7 heteroatoms. The van der Waals surface area contributed by atoms with E-state index in [2.05, 4.69) is 5.32 Å². The zero-order valence-electron chi connectivity index (χ0n) is 8.94. The molecule has 3 amide bonds. The first-order chi connectivity index (χ1) is 7.91. The molecule has 90 valence electrons. The van der Waals surface area contributed by atoms with Gasteiger partial charge < -0.3 is 22.5 Å². The van der Waals surface area contributed by atoms with Gasteiger partial charge in [0, 0.05) is 0 Å². The number of carbonyl (C=O) groups excluding carboxylic acids is 2. The van der Waals surface area contributed by atoms with Gasteiger partial charge in [-0.3, -0.25) is 10.2 Å². The van der Waals surface area contributed by atoms with E-state index in [-0.39, 0.29) is 5.56 Å². The van der Waals surface area contributed by atoms with Gasteiger partial charge in [-0.15, -0.1) is 0 Å². The number of carbonyl (C=O) groups is 2. The van der Waals surface area contributed by atoms with Crippen molar-refractivity contribution in [2.45, 2.75) is 5.54 Å². The largest absolute Gasteiger partial charge is 0.385 e. The summed E-state index contributed by atoms with van der Waals surface area (Å²) in [5.41, 5.74) is 13.9. The first kappa shape index (κ1) is 12.5. The van der Waals surface area contributed by atoms with E-state index in [1.807, 2.05) is 0 Å². The average molecular weight is 235 g/mol. The normalized spacial score (nSPS) is 13.4. The second kappa shape index (κ2) is 4.52. The van der Waals surface area contributed by atoms with E-state index < -0.39 is 23.3 Å². The number of primary amides is 2. The summed E-state index contributed by atoms with van der Waals surface area (Å²) in [5.74, 6) is -1.58. The van der Waals surface area contributed by atoms with Crippen LogP contribution in [0.3, 0.4) is 0 Å². The summed E-state index contributed by atoms with van der Waals surface area (Å²) in [6.45, 7) is 0. The molecular weight excluding hydrogens is 222 g/mol. The Morgan fingerprint density at radius 2 is 1.65 bits per heavy atom. The molecule has 0 heterocycles. The molecule has 0 fully saturated rings. The van der Waals surface area contributed by atoms with Gasteiger partial charge >= 0.3 is 6.03 Å². The van der Waals surface area contributed by atoms with Gasteiger partial charge in [0.15, 0.2) is 0 Å². The molecule has 17 heavy (non-hydrogen) atoms. The van der Waals surface area contributed by atoms with Crippen molar-refractivity contribution in [3.8, 4) is 0 Å². The van der Waals surface area contributed by atoms with E-state index >= 15 is 0 Å². The van der Waals surface area contributed by atoms with Crippen molar-refractivity contribution in [3.05, 3.63) is 35.9 Å². The maximum Gasteiger partial charge on any atom is 0.313 e. The zero-order chi connectivity index (χ0) is 13.1. The number of hydrogen-bond donors (Lipinski definition) is 5. The van der Waals surface area contributed by atoms with Crippen LogP contribution in [0.5, 0.6) is 0 Å². The molecule has 0 bridgehead atoms. The van der Waals surface area contributed by atoms with E-state index in [9.17, 15) is 9.59 Å². The molecule has 0 spiro atoms. The number of nitrogens with one attached hydrogen (secondary N) is 2. The van der Waals surface area contributed by atoms with Gasteiger partial charge in [-0.25, -0.2) is 4.79 Å². The predicted octanol–water partition coefficient (Wildman–Crippen LogP) is -1.03. The van der Waals surface area contributed by atoms with Gasteiger partial charge in [-0.2, -0.15) is 0 Å². The Morgan fingerprint density at radius 1 is 1.12 bits per heavy atom. The Kier molecular flexibility index (Phi) is 3.32. The van der Waals surface area contributed by atoms with E-state index in [0.717, 1.165) is 0 Å². The standard InChI is InChI=1S/C10H13N5O2/c11-7(12)10(8(13)16,15-9(14)17)6-4-2-1-3-5-6/h1-5H,(H3,11,12)(H2,13,16)(H3,14,15,17). The Bertz CT molecular complexity index is 443. The predicted molar refractivity (Wildman–Crippen MR) is 61.9 cm³/mol. The number of amidine groups is 1. The first-order valence-corrected chi connectivity index (χ1v) is 4.68. The molecule has 0 aliphatic carbocycles. The van der Waals surface area contributed by atoms with Crippen LogP contribution in [0.1, 0.15) is 5.56 Å². The number of hydrogen-bond acceptors (Lipinski definition) is 3. The topological polar surface area (TPSA) is 148 Å². The third-order valence-corrected chi connectivity index (χ3v) is 2.29. The van der Waals surface area contributed by atoms with Crippen molar-refractivity contribution in [1.29, 1.82) is 5.41 Å². The van der Waals surface area contributed by atoms with Crippen LogP contribution >= 0.6 is 0 Å². The highest BCUT2D eigenvalue weighted by atomic mass is 16.2. The molecule has 7 nitrogen and oxygen atoms in total. The summed E-state index contributed by atoms with van der Waals surface area (Å²) in [7, 11) is 0. The zero-order valence-corrected chi connectivity index (χ0v) is 8.94. The second-order valence-corrected chi connectivity index (χ2v) is 3.38. The van der Waals surface area contributed by atoms with E-state index in [0.29, 0.717) is 0 Å². The Morgan fingerprint density at radius 3 is 2.00 bits per heavy atom. The van der Waals surface area contributed by atoms with Crippen LogP contribution in [0.25, 0.3) is 0 Å². The molecule has 1 rings (SSSR count). The lowest BCUT2D eigenvalue weighted by molar-refractivity contribution is -0.121. The lowest BCUT2D eigenvalue weighted by Gasteiger charge is -2.29. The number of nitrogens with two attached hydrogens (primary N) is 3. The molecule has 0 aliphatic heterocycles. The van der Waals surface area contributed by atoms with Crippen molar-refractivity contribution in [1.82, 2.24) is 5.32 Å². The van der Waals surface area contributed by atoms with Gasteiger partial charge in [0.1, 0.15) is 5.84 Å². The summed E-state index contributed by atoms with van der Waals surface area (Å²) in [6.07, 6.45) is 0. The average Bonchev–Trinajstić information content (AvgIpc) is 2.25. The highest BCUT2D eigenvalue weighted by molar-refractivity contribution is 6.12. The molecule has 0 radical (unpaired) electrons. The Balaban J connectivity index is 3.40. The summed E-state index contributed by atoms with van der Waals surface area (Å²) >= 11 is 0. The second-order valence-electron chi connectivity index (χ2n) is 3.38. The van der Waals surface area contributed by atoms with Crippen LogP contribution in [-0.4, -0.2) is 17.8 Å². The maximum absolute atomic E-state index is 11.5. The fraction of sp³-hybridized carbons (Fsp3) is 0.100. The van der Waals surface area contributed by atoms with E-state index in [1.165, 1.54) is 12.1 Å². The van der Waals surface area contributed by atoms with Crippen LogP contribution in [0.4, 0.5) is 4.79 Å². The van der Waals surface area contributed by atoms with Crippen molar-refractivity contribution in [2.75, 3.05) is 0 Å². The molecule has 0 saturated carbocycles. The van der Waals surface area contributed by atoms with Gasteiger partial charge in [0.25, 0.3) is 5.91 Å². The number of amides is 3. The SMILES string of the molecule is N=C(N)C(NC(N)=O)(C(N)=O)c1ccccc1. The molecule has 1 aromatic rings. The van der Waals surface area contributed by atoms with Crippen LogP contribution in [0.2, 0.25) is 0 Å². The van der Waals surface area contributed by atoms with Crippen molar-refractivity contribution in [2.24, 2.45) is 17.2 Å². The van der Waals surface area contributed by atoms with Gasteiger partial charge in [0.2, 0.25) is 5.54 Å². The van der Waals surface area contributed by atoms with Gasteiger partial charge in [-0.1, -0.05) is 30.3 Å². The number of benzene rings is 1. The van der Waals surface area contributed by atoms with Crippen LogP contribution < -0.4 is 22.5 Å². The molecule has 1 aromatic carbocycles. The molecule has 1 atom stereocenters. The fourth-order valence-electron chi connectivity index (χ4n) is 1.50. The van der Waals surface area contributed by atoms with E-state index in [1.54, 1.807) is 18.2 Å². The molecular formula is C10H13N5O2. The Hall–Kier alpha value is -2.57. The van der Waals surface area contributed by atoms with Crippen molar-refractivity contribution < 1.29 is 9.59 Å². The summed E-state index contributed by atoms with van der Waals surface area (Å²) in [5, 5.41) is 9.59. The van der Waals surface area contributed by atoms with Crippen LogP contribution in [0, 0.1) is 5.41 Å². The molecule has 0 aliphatic rings. The molecule has 0 aromatic heterocycles. The minimum Gasteiger partial charge on any atom is -0.385 e. The first-order valence-electron chi connectivity index (χ1n) is 4.68. The summed E-state index contributed by atoms with van der Waals surface area (Å²) in [6, 6.07) is 6.99. The van der Waals surface area contributed by atoms with Crippen molar-refractivity contribution >= 4 is 17.8 Å². The quantitative estimate of drug-likeness (QED) is 0.335. The summed E-state index contributed by atoms with van der Waals surface area (Å²) in [4.78, 5) is 22.5. The van der Waals surface area contributed by atoms with E-state index in [4.69, 9.17) is 22.6 Å². The highest BCUT2D eigenvalue weighted by Crippen LogP contribution is 2.20. The fourth-order valence-corrected chi connectivity index (χ4v) is 1.50. The number of rotatable bonds is 4. The smallest absolute Gasteiger partial charge is 0.313 e. The van der Waals surface area contributed by atoms with Crippen LogP contribution in [0.15, 0.2) is 30.3 Å². The third-order valence-electron chi connectivity index (χ3n) is 2.29. The van der Waals surface area contributed by atoms with Crippen molar-refractivity contribution in [3.63, 3.8) is 0 Å². The highest BCUT2D eigenvalue weighted by Gasteiger charge is 2.43. The monoisotopic (exact) mass is 235 g/mol. The Labute approximate surface area is 97.5 Å². The lowest BCUT2D eigenvalue weighted by atomic mass is 9.88. The minimum absolute atomic E-state index is 0.277. The molecule has 1 unspecified atom stereocenters. The molecule has 8 N–H and O–H groups in total. The third kappa shape index (κ3) is 2.17. The van der Waals surface area contributed by atoms with Gasteiger partial charge in [0.05, 0.1) is 0 Å². The lowest BCUT2D eigenvalue weighted by Crippen LogP contribution is -2.63. The van der Waals surface area contributed by atoms with Crippen LogP contribution in [-0.2, 0) is 10.3 Å². The maximum atomic E-state index is 11.5. The minimum atomic E-state index is -1.91. The molecule has 0 saturated heterocycles. The van der Waals surface area contributed by atoms with Gasteiger partial charge in [-0.05, 0) is 5.56 Å². The number of urea groups is 1. The summed E-state index contributed by atoms with van der Waals surface area (Å²) < 4.78 is 0.